The molecule has 2 fully saturated rings. The molecule has 106 valence electrons. The van der Waals surface area contributed by atoms with E-state index >= 15 is 0 Å². The van der Waals surface area contributed by atoms with Crippen LogP contribution in [-0.2, 0) is 10.8 Å². The van der Waals surface area contributed by atoms with Crippen molar-refractivity contribution in [1.29, 1.82) is 0 Å². The lowest BCUT2D eigenvalue weighted by Crippen LogP contribution is -2.33. The Morgan fingerprint density at radius 3 is 2.61 bits per heavy atom. The van der Waals surface area contributed by atoms with Crippen LogP contribution in [0.1, 0.15) is 64.7 Å². The molecule has 0 aromatic carbocycles. The van der Waals surface area contributed by atoms with Crippen molar-refractivity contribution in [2.45, 2.75) is 76.0 Å². The van der Waals surface area contributed by atoms with Gasteiger partial charge in [-0.05, 0) is 51.0 Å². The molecule has 0 spiro atoms. The van der Waals surface area contributed by atoms with Crippen LogP contribution in [0.25, 0.3) is 0 Å². The standard InChI is InChI=1S/C15H29NOS/c1-2-11-16-15-9-5-6-13(15)10-12-18(17)14-7-3-4-8-14/h13-16H,2-12H2,1H3. The summed E-state index contributed by atoms with van der Waals surface area (Å²) in [7, 11) is -0.540. The van der Waals surface area contributed by atoms with Crippen LogP contribution < -0.4 is 5.32 Å². The topological polar surface area (TPSA) is 29.1 Å². The van der Waals surface area contributed by atoms with E-state index in [2.05, 4.69) is 12.2 Å². The van der Waals surface area contributed by atoms with Crippen LogP contribution in [0.5, 0.6) is 0 Å². The van der Waals surface area contributed by atoms with Gasteiger partial charge in [-0.25, -0.2) is 0 Å². The lowest BCUT2D eigenvalue weighted by molar-refractivity contribution is 0.392. The Bertz CT molecular complexity index is 263. The van der Waals surface area contributed by atoms with Crippen LogP contribution in [0.4, 0.5) is 0 Å². The van der Waals surface area contributed by atoms with E-state index < -0.39 is 10.8 Å². The second-order valence-corrected chi connectivity index (χ2v) is 7.87. The van der Waals surface area contributed by atoms with Gasteiger partial charge in [0.15, 0.2) is 0 Å². The van der Waals surface area contributed by atoms with Crippen molar-refractivity contribution in [3.05, 3.63) is 0 Å². The molecule has 3 unspecified atom stereocenters. The van der Waals surface area contributed by atoms with Crippen molar-refractivity contribution < 1.29 is 4.21 Å². The third-order valence-corrected chi connectivity index (χ3v) is 6.53. The summed E-state index contributed by atoms with van der Waals surface area (Å²) in [5.74, 6) is 1.75. The maximum atomic E-state index is 12.2. The molecule has 2 saturated carbocycles. The Morgan fingerprint density at radius 2 is 1.89 bits per heavy atom. The largest absolute Gasteiger partial charge is 0.314 e. The Labute approximate surface area is 115 Å². The number of hydrogen-bond donors (Lipinski definition) is 1. The second kappa shape index (κ2) is 7.64. The molecule has 1 N–H and O–H groups in total. The minimum atomic E-state index is -0.540. The van der Waals surface area contributed by atoms with Gasteiger partial charge in [0.25, 0.3) is 0 Å². The van der Waals surface area contributed by atoms with Gasteiger partial charge in [0.05, 0.1) is 0 Å². The average molecular weight is 271 g/mol. The first-order chi connectivity index (χ1) is 8.81. The van der Waals surface area contributed by atoms with Crippen molar-refractivity contribution in [3.8, 4) is 0 Å². The highest BCUT2D eigenvalue weighted by molar-refractivity contribution is 7.85. The van der Waals surface area contributed by atoms with Crippen LogP contribution in [0.2, 0.25) is 0 Å². The third-order valence-electron chi connectivity index (χ3n) is 4.68. The summed E-state index contributed by atoms with van der Waals surface area (Å²) in [6, 6.07) is 0.713. The monoisotopic (exact) mass is 271 g/mol. The molecule has 0 aromatic rings. The third kappa shape index (κ3) is 4.06. The summed E-state index contributed by atoms with van der Waals surface area (Å²) >= 11 is 0. The Hall–Kier alpha value is 0.110. The minimum absolute atomic E-state index is 0.536. The summed E-state index contributed by atoms with van der Waals surface area (Å²) in [6.07, 6.45) is 11.5. The van der Waals surface area contributed by atoms with Crippen LogP contribution in [0.15, 0.2) is 0 Å². The highest BCUT2D eigenvalue weighted by atomic mass is 32.2. The second-order valence-electron chi connectivity index (χ2n) is 6.03. The highest BCUT2D eigenvalue weighted by Gasteiger charge is 2.28. The molecule has 0 amide bonds. The smallest absolute Gasteiger partial charge is 0.0348 e. The van der Waals surface area contributed by atoms with Crippen molar-refractivity contribution in [1.82, 2.24) is 5.32 Å². The van der Waals surface area contributed by atoms with E-state index in [9.17, 15) is 4.21 Å². The van der Waals surface area contributed by atoms with Gasteiger partial charge in [0, 0.05) is 27.8 Å². The van der Waals surface area contributed by atoms with E-state index in [0.29, 0.717) is 11.3 Å². The van der Waals surface area contributed by atoms with Gasteiger partial charge in [0.1, 0.15) is 0 Å². The quantitative estimate of drug-likeness (QED) is 0.770. The predicted molar refractivity (Wildman–Crippen MR) is 79.3 cm³/mol. The van der Waals surface area contributed by atoms with Gasteiger partial charge in [-0.15, -0.1) is 0 Å². The van der Waals surface area contributed by atoms with E-state index in [1.807, 2.05) is 0 Å². The van der Waals surface area contributed by atoms with Crippen molar-refractivity contribution in [3.63, 3.8) is 0 Å². The summed E-state index contributed by atoms with van der Waals surface area (Å²) in [5.41, 5.74) is 0. The zero-order valence-corrected chi connectivity index (χ0v) is 12.6. The minimum Gasteiger partial charge on any atom is -0.314 e. The Morgan fingerprint density at radius 1 is 1.11 bits per heavy atom. The summed E-state index contributed by atoms with van der Waals surface area (Å²) in [4.78, 5) is 0. The molecule has 0 bridgehead atoms. The number of nitrogens with one attached hydrogen (secondary N) is 1. The van der Waals surface area contributed by atoms with E-state index in [4.69, 9.17) is 0 Å². The molecule has 3 heteroatoms. The van der Waals surface area contributed by atoms with Gasteiger partial charge in [0.2, 0.25) is 0 Å². The molecule has 0 aliphatic heterocycles. The maximum absolute atomic E-state index is 12.2. The molecular formula is C15H29NOS. The first-order valence-electron chi connectivity index (χ1n) is 7.91. The fraction of sp³-hybridized carbons (Fsp3) is 1.00. The van der Waals surface area contributed by atoms with Crippen molar-refractivity contribution in [2.75, 3.05) is 12.3 Å². The fourth-order valence-corrected chi connectivity index (χ4v) is 5.29. The van der Waals surface area contributed by atoms with Gasteiger partial charge in [-0.3, -0.25) is 4.21 Å². The highest BCUT2D eigenvalue weighted by Crippen LogP contribution is 2.30. The van der Waals surface area contributed by atoms with Gasteiger partial charge in [-0.2, -0.15) is 0 Å². The van der Waals surface area contributed by atoms with Gasteiger partial charge < -0.3 is 5.32 Å². The summed E-state index contributed by atoms with van der Waals surface area (Å²) < 4.78 is 12.2. The van der Waals surface area contributed by atoms with E-state index in [1.165, 1.54) is 57.8 Å². The van der Waals surface area contributed by atoms with Gasteiger partial charge >= 0.3 is 0 Å². The average Bonchev–Trinajstić information content (AvgIpc) is 3.04. The van der Waals surface area contributed by atoms with Crippen LogP contribution in [0, 0.1) is 5.92 Å². The fourth-order valence-electron chi connectivity index (χ4n) is 3.57. The van der Waals surface area contributed by atoms with Crippen molar-refractivity contribution in [2.24, 2.45) is 5.92 Å². The Kier molecular flexibility index (Phi) is 6.16. The molecule has 0 aromatic heterocycles. The maximum Gasteiger partial charge on any atom is 0.0348 e. The Balaban J connectivity index is 1.69. The molecule has 2 rings (SSSR count). The van der Waals surface area contributed by atoms with Crippen LogP contribution >= 0.6 is 0 Å². The molecular weight excluding hydrogens is 242 g/mol. The zero-order chi connectivity index (χ0) is 12.8. The summed E-state index contributed by atoms with van der Waals surface area (Å²) in [5, 5.41) is 4.21. The lowest BCUT2D eigenvalue weighted by atomic mass is 10.0. The van der Waals surface area contributed by atoms with Crippen molar-refractivity contribution >= 4 is 10.8 Å². The first-order valence-corrected chi connectivity index (χ1v) is 9.30. The number of hydrogen-bond acceptors (Lipinski definition) is 2. The molecule has 18 heavy (non-hydrogen) atoms. The molecule has 0 saturated heterocycles. The zero-order valence-electron chi connectivity index (χ0n) is 11.8. The first kappa shape index (κ1) is 14.5. The van der Waals surface area contributed by atoms with E-state index in [0.717, 1.165) is 18.2 Å². The normalized spacial score (nSPS) is 30.9. The predicted octanol–water partition coefficient (Wildman–Crippen LogP) is 3.24. The van der Waals surface area contributed by atoms with E-state index in [1.54, 1.807) is 0 Å². The molecule has 2 nitrogen and oxygen atoms in total. The molecule has 0 radical (unpaired) electrons. The van der Waals surface area contributed by atoms with E-state index in [-0.39, 0.29) is 0 Å². The molecule has 2 aliphatic carbocycles. The lowest BCUT2D eigenvalue weighted by Gasteiger charge is -2.21. The SMILES string of the molecule is CCCNC1CCCC1CCS(=O)C1CCCC1. The van der Waals surface area contributed by atoms with Crippen LogP contribution in [0.3, 0.4) is 0 Å². The molecule has 2 aliphatic rings. The van der Waals surface area contributed by atoms with Gasteiger partial charge in [-0.1, -0.05) is 26.2 Å². The molecule has 0 heterocycles. The summed E-state index contributed by atoms with van der Waals surface area (Å²) in [6.45, 7) is 3.37. The number of rotatable bonds is 7. The van der Waals surface area contributed by atoms with Crippen LogP contribution in [-0.4, -0.2) is 27.8 Å². The molecule has 3 atom stereocenters.